The third-order valence-corrected chi connectivity index (χ3v) is 5.32. The third-order valence-electron chi connectivity index (χ3n) is 5.09. The Morgan fingerprint density at radius 1 is 1.07 bits per heavy atom. The molecule has 0 unspecified atom stereocenters. The second-order valence-electron chi connectivity index (χ2n) is 7.01. The molecule has 4 rings (SSSR count). The van der Waals surface area contributed by atoms with Crippen molar-refractivity contribution in [2.75, 3.05) is 51.8 Å². The Morgan fingerprint density at radius 2 is 1.83 bits per heavy atom. The number of hydrogen-bond donors (Lipinski definition) is 1. The molecule has 1 fully saturated rings. The van der Waals surface area contributed by atoms with Crippen molar-refractivity contribution in [2.45, 2.75) is 6.54 Å². The number of piperazine rings is 1. The number of urea groups is 1. The molecule has 2 aliphatic rings. The van der Waals surface area contributed by atoms with Gasteiger partial charge in [-0.2, -0.15) is 0 Å². The van der Waals surface area contributed by atoms with Gasteiger partial charge in [-0.25, -0.2) is 4.79 Å². The summed E-state index contributed by atoms with van der Waals surface area (Å²) in [5, 5.41) is 3.64. The van der Waals surface area contributed by atoms with Crippen LogP contribution in [0.3, 0.4) is 0 Å². The standard InChI is InChI=1S/C21H24ClN3O4/c1-27-18-4-2-16(22)12-15(18)14-24-6-8-25(9-7-24)21(26)23-17-3-5-19-20(13-17)29-11-10-28-19/h2-5,12-13H,6-11,14H2,1H3,(H,23,26). The predicted octanol–water partition coefficient (Wildman–Crippen LogP) is 3.47. The molecular formula is C21H24ClN3O4. The quantitative estimate of drug-likeness (QED) is 0.825. The van der Waals surface area contributed by atoms with Gasteiger partial charge in [-0.05, 0) is 30.3 Å². The van der Waals surface area contributed by atoms with E-state index >= 15 is 0 Å². The number of nitrogens with one attached hydrogen (secondary N) is 1. The lowest BCUT2D eigenvalue weighted by molar-refractivity contribution is 0.142. The number of carbonyl (C=O) groups is 1. The number of methoxy groups -OCH3 is 1. The number of benzene rings is 2. The molecule has 154 valence electrons. The summed E-state index contributed by atoms with van der Waals surface area (Å²) in [6.45, 7) is 4.67. The molecule has 0 spiro atoms. The lowest BCUT2D eigenvalue weighted by Gasteiger charge is -2.35. The monoisotopic (exact) mass is 417 g/mol. The number of hydrogen-bond acceptors (Lipinski definition) is 5. The lowest BCUT2D eigenvalue weighted by Crippen LogP contribution is -2.49. The van der Waals surface area contributed by atoms with Crippen LogP contribution in [0.5, 0.6) is 17.2 Å². The normalized spacial score (nSPS) is 16.4. The molecule has 8 heteroatoms. The van der Waals surface area contributed by atoms with E-state index in [1.807, 2.05) is 35.2 Å². The first-order valence-electron chi connectivity index (χ1n) is 9.63. The van der Waals surface area contributed by atoms with Gasteiger partial charge in [0.1, 0.15) is 19.0 Å². The van der Waals surface area contributed by atoms with E-state index in [1.165, 1.54) is 0 Å². The summed E-state index contributed by atoms with van der Waals surface area (Å²) in [6.07, 6.45) is 0. The maximum Gasteiger partial charge on any atom is 0.321 e. The minimum atomic E-state index is -0.110. The summed E-state index contributed by atoms with van der Waals surface area (Å²) in [4.78, 5) is 16.7. The van der Waals surface area contributed by atoms with E-state index in [9.17, 15) is 4.79 Å². The van der Waals surface area contributed by atoms with Crippen molar-refractivity contribution in [2.24, 2.45) is 0 Å². The fourth-order valence-corrected chi connectivity index (χ4v) is 3.74. The van der Waals surface area contributed by atoms with E-state index in [-0.39, 0.29) is 6.03 Å². The number of ether oxygens (including phenoxy) is 3. The van der Waals surface area contributed by atoms with Crippen molar-refractivity contribution in [1.82, 2.24) is 9.80 Å². The molecule has 1 saturated heterocycles. The summed E-state index contributed by atoms with van der Waals surface area (Å²) in [6, 6.07) is 11.0. The summed E-state index contributed by atoms with van der Waals surface area (Å²) in [5.74, 6) is 2.20. The molecule has 29 heavy (non-hydrogen) atoms. The first-order chi connectivity index (χ1) is 14.1. The maximum absolute atomic E-state index is 12.6. The van der Waals surface area contributed by atoms with Gasteiger partial charge >= 0.3 is 6.03 Å². The second-order valence-corrected chi connectivity index (χ2v) is 7.44. The lowest BCUT2D eigenvalue weighted by atomic mass is 10.1. The van der Waals surface area contributed by atoms with Crippen molar-refractivity contribution in [3.63, 3.8) is 0 Å². The summed E-state index contributed by atoms with van der Waals surface area (Å²) >= 11 is 6.13. The molecular weight excluding hydrogens is 394 g/mol. The van der Waals surface area contributed by atoms with Gasteiger partial charge in [0.05, 0.1) is 7.11 Å². The average molecular weight is 418 g/mol. The van der Waals surface area contributed by atoms with Gasteiger partial charge < -0.3 is 24.4 Å². The minimum Gasteiger partial charge on any atom is -0.496 e. The summed E-state index contributed by atoms with van der Waals surface area (Å²) in [7, 11) is 1.66. The number of nitrogens with zero attached hydrogens (tertiary/aromatic N) is 2. The highest BCUT2D eigenvalue weighted by atomic mass is 35.5. The van der Waals surface area contributed by atoms with Gasteiger partial charge in [-0.15, -0.1) is 0 Å². The van der Waals surface area contributed by atoms with Crippen molar-refractivity contribution in [3.8, 4) is 17.2 Å². The molecule has 0 radical (unpaired) electrons. The van der Waals surface area contributed by atoms with E-state index in [0.29, 0.717) is 48.5 Å². The SMILES string of the molecule is COc1ccc(Cl)cc1CN1CCN(C(=O)Nc2ccc3c(c2)OCCO3)CC1. The molecule has 2 aliphatic heterocycles. The zero-order valence-corrected chi connectivity index (χ0v) is 17.1. The largest absolute Gasteiger partial charge is 0.496 e. The van der Waals surface area contributed by atoms with Gasteiger partial charge in [0.2, 0.25) is 0 Å². The molecule has 2 aromatic rings. The number of carbonyl (C=O) groups excluding carboxylic acids is 1. The van der Waals surface area contributed by atoms with Gasteiger partial charge in [0.25, 0.3) is 0 Å². The molecule has 7 nitrogen and oxygen atoms in total. The molecule has 0 bridgehead atoms. The number of amides is 2. The van der Waals surface area contributed by atoms with Crippen LogP contribution in [0.25, 0.3) is 0 Å². The fraction of sp³-hybridized carbons (Fsp3) is 0.381. The zero-order chi connectivity index (χ0) is 20.2. The molecule has 2 aromatic carbocycles. The summed E-state index contributed by atoms with van der Waals surface area (Å²) in [5.41, 5.74) is 1.75. The smallest absolute Gasteiger partial charge is 0.321 e. The van der Waals surface area contributed by atoms with E-state index in [1.54, 1.807) is 13.2 Å². The average Bonchev–Trinajstić information content (AvgIpc) is 2.74. The van der Waals surface area contributed by atoms with E-state index in [4.69, 9.17) is 25.8 Å². The van der Waals surface area contributed by atoms with Gasteiger partial charge in [0, 0.05) is 55.1 Å². The van der Waals surface area contributed by atoms with Crippen LogP contribution in [0, 0.1) is 0 Å². The van der Waals surface area contributed by atoms with Crippen LogP contribution >= 0.6 is 11.6 Å². The van der Waals surface area contributed by atoms with Crippen LogP contribution in [0.15, 0.2) is 36.4 Å². The predicted molar refractivity (Wildman–Crippen MR) is 111 cm³/mol. The number of fused-ring (bicyclic) bond motifs is 1. The van der Waals surface area contributed by atoms with Crippen LogP contribution in [-0.2, 0) is 6.54 Å². The zero-order valence-electron chi connectivity index (χ0n) is 16.3. The van der Waals surface area contributed by atoms with Crippen molar-refractivity contribution >= 4 is 23.3 Å². The Kier molecular flexibility index (Phi) is 5.97. The Labute approximate surface area is 175 Å². The van der Waals surface area contributed by atoms with E-state index in [2.05, 4.69) is 10.2 Å². The first-order valence-corrected chi connectivity index (χ1v) is 10.0. The molecule has 0 atom stereocenters. The Bertz CT molecular complexity index is 884. The first kappa shape index (κ1) is 19.7. The molecule has 0 aliphatic carbocycles. The fourth-order valence-electron chi connectivity index (χ4n) is 3.54. The summed E-state index contributed by atoms with van der Waals surface area (Å²) < 4.78 is 16.5. The Hall–Kier alpha value is -2.64. The van der Waals surface area contributed by atoms with Crippen molar-refractivity contribution < 1.29 is 19.0 Å². The molecule has 0 aromatic heterocycles. The van der Waals surface area contributed by atoms with E-state index in [0.717, 1.165) is 30.9 Å². The third kappa shape index (κ3) is 4.68. The highest BCUT2D eigenvalue weighted by Gasteiger charge is 2.22. The number of rotatable bonds is 4. The Balaban J connectivity index is 1.31. The van der Waals surface area contributed by atoms with Crippen LogP contribution in [0.4, 0.5) is 10.5 Å². The highest BCUT2D eigenvalue weighted by molar-refractivity contribution is 6.30. The van der Waals surface area contributed by atoms with Gasteiger partial charge in [-0.3, -0.25) is 4.90 Å². The van der Waals surface area contributed by atoms with Gasteiger partial charge in [-0.1, -0.05) is 11.6 Å². The van der Waals surface area contributed by atoms with E-state index < -0.39 is 0 Å². The molecule has 0 saturated carbocycles. The van der Waals surface area contributed by atoms with Crippen LogP contribution < -0.4 is 19.5 Å². The highest BCUT2D eigenvalue weighted by Crippen LogP contribution is 2.32. The van der Waals surface area contributed by atoms with Crippen LogP contribution in [0.2, 0.25) is 5.02 Å². The van der Waals surface area contributed by atoms with Crippen LogP contribution in [0.1, 0.15) is 5.56 Å². The van der Waals surface area contributed by atoms with Crippen LogP contribution in [-0.4, -0.2) is 62.3 Å². The maximum atomic E-state index is 12.6. The minimum absolute atomic E-state index is 0.110. The Morgan fingerprint density at radius 3 is 2.59 bits per heavy atom. The molecule has 2 heterocycles. The number of anilines is 1. The topological polar surface area (TPSA) is 63.3 Å². The molecule has 2 amide bonds. The van der Waals surface area contributed by atoms with Crippen molar-refractivity contribution in [3.05, 3.63) is 47.0 Å². The molecule has 1 N–H and O–H groups in total. The number of halogens is 1. The van der Waals surface area contributed by atoms with Crippen molar-refractivity contribution in [1.29, 1.82) is 0 Å². The van der Waals surface area contributed by atoms with Gasteiger partial charge in [0.15, 0.2) is 11.5 Å². The second kappa shape index (κ2) is 8.80.